The summed E-state index contributed by atoms with van der Waals surface area (Å²) in [5.74, 6) is -2.04. The second-order valence-corrected chi connectivity index (χ2v) is 5.90. The molecule has 1 saturated heterocycles. The van der Waals surface area contributed by atoms with Gasteiger partial charge in [0.1, 0.15) is 0 Å². The molecule has 1 aliphatic rings. The van der Waals surface area contributed by atoms with Crippen molar-refractivity contribution in [2.45, 2.75) is 12.8 Å². The van der Waals surface area contributed by atoms with Gasteiger partial charge in [0.05, 0.1) is 24.6 Å². The molecule has 4 nitrogen and oxygen atoms in total. The summed E-state index contributed by atoms with van der Waals surface area (Å²) in [6, 6.07) is 0. The molecule has 0 aromatic rings. The van der Waals surface area contributed by atoms with Gasteiger partial charge in [0, 0.05) is 5.92 Å². The van der Waals surface area contributed by atoms with Gasteiger partial charge in [-0.05, 0) is 12.3 Å². The number of hydrogen-bond acceptors (Lipinski definition) is 3. The molecule has 0 bridgehead atoms. The summed E-state index contributed by atoms with van der Waals surface area (Å²) in [6.45, 7) is -0.757. The summed E-state index contributed by atoms with van der Waals surface area (Å²) in [7, 11) is -3.05. The van der Waals surface area contributed by atoms with Gasteiger partial charge in [-0.15, -0.1) is 0 Å². The Morgan fingerprint density at radius 2 is 2.21 bits per heavy atom. The fourth-order valence-electron chi connectivity index (χ4n) is 1.77. The lowest BCUT2D eigenvalue weighted by Gasteiger charge is -2.16. The molecular weight excluding hydrogens is 211 g/mol. The SMILES string of the molecule is O=C(O)CC(CF)C1CCS(=O)(=O)C1. The fourth-order valence-corrected chi connectivity index (χ4v) is 3.69. The summed E-state index contributed by atoms with van der Waals surface area (Å²) >= 11 is 0. The largest absolute Gasteiger partial charge is 0.481 e. The van der Waals surface area contributed by atoms with Gasteiger partial charge in [-0.25, -0.2) is 8.42 Å². The van der Waals surface area contributed by atoms with E-state index in [1.54, 1.807) is 0 Å². The minimum absolute atomic E-state index is 0.0606. The molecule has 82 valence electrons. The van der Waals surface area contributed by atoms with Gasteiger partial charge in [-0.1, -0.05) is 0 Å². The van der Waals surface area contributed by atoms with Crippen LogP contribution >= 0.6 is 0 Å². The lowest BCUT2D eigenvalue weighted by molar-refractivity contribution is -0.138. The minimum atomic E-state index is -3.05. The van der Waals surface area contributed by atoms with Crippen LogP contribution in [-0.4, -0.2) is 37.7 Å². The number of carboxylic acid groups (broad SMARTS) is 1. The number of hydrogen-bond donors (Lipinski definition) is 1. The molecule has 1 fully saturated rings. The smallest absolute Gasteiger partial charge is 0.303 e. The van der Waals surface area contributed by atoms with Crippen LogP contribution in [0.2, 0.25) is 0 Å². The highest BCUT2D eigenvalue weighted by atomic mass is 32.2. The number of halogens is 1. The maximum Gasteiger partial charge on any atom is 0.303 e. The Balaban J connectivity index is 2.59. The van der Waals surface area contributed by atoms with Crippen molar-refractivity contribution >= 4 is 15.8 Å². The summed E-state index contributed by atoms with van der Waals surface area (Å²) in [4.78, 5) is 10.4. The van der Waals surface area contributed by atoms with E-state index in [2.05, 4.69) is 0 Å². The van der Waals surface area contributed by atoms with Gasteiger partial charge < -0.3 is 5.11 Å². The van der Waals surface area contributed by atoms with Crippen LogP contribution in [0.1, 0.15) is 12.8 Å². The molecule has 0 aromatic heterocycles. The Labute approximate surface area is 82.0 Å². The molecule has 0 aromatic carbocycles. The Kier molecular flexibility index (Phi) is 3.47. The van der Waals surface area contributed by atoms with E-state index >= 15 is 0 Å². The van der Waals surface area contributed by atoms with Gasteiger partial charge in [0.25, 0.3) is 0 Å². The van der Waals surface area contributed by atoms with Crippen LogP contribution in [0.3, 0.4) is 0 Å². The summed E-state index contributed by atoms with van der Waals surface area (Å²) < 4.78 is 34.6. The first-order valence-corrected chi connectivity index (χ1v) is 6.25. The number of rotatable bonds is 4. The first-order chi connectivity index (χ1) is 6.44. The number of alkyl halides is 1. The standard InChI is InChI=1S/C8H13FO4S/c9-4-7(3-8(10)11)6-1-2-14(12,13)5-6/h6-7H,1-5H2,(H,10,11). The second kappa shape index (κ2) is 4.25. The van der Waals surface area contributed by atoms with E-state index in [4.69, 9.17) is 5.11 Å². The Morgan fingerprint density at radius 1 is 1.57 bits per heavy atom. The minimum Gasteiger partial charge on any atom is -0.481 e. The third-order valence-electron chi connectivity index (χ3n) is 2.57. The van der Waals surface area contributed by atoms with E-state index in [1.807, 2.05) is 0 Å². The van der Waals surface area contributed by atoms with E-state index in [0.717, 1.165) is 0 Å². The Morgan fingerprint density at radius 3 is 2.57 bits per heavy atom. The van der Waals surface area contributed by atoms with Crippen molar-refractivity contribution in [2.75, 3.05) is 18.2 Å². The highest BCUT2D eigenvalue weighted by Gasteiger charge is 2.34. The average molecular weight is 224 g/mol. The molecule has 2 atom stereocenters. The van der Waals surface area contributed by atoms with Crippen molar-refractivity contribution in [1.82, 2.24) is 0 Å². The molecule has 0 saturated carbocycles. The maximum atomic E-state index is 12.5. The predicted octanol–water partition coefficient (Wildman–Crippen LogP) is 0.482. The van der Waals surface area contributed by atoms with Crippen molar-refractivity contribution in [3.05, 3.63) is 0 Å². The number of carboxylic acids is 1. The van der Waals surface area contributed by atoms with Gasteiger partial charge >= 0.3 is 5.97 Å². The lowest BCUT2D eigenvalue weighted by Crippen LogP contribution is -2.21. The van der Waals surface area contributed by atoms with E-state index in [-0.39, 0.29) is 23.8 Å². The predicted molar refractivity (Wildman–Crippen MR) is 48.5 cm³/mol. The Bertz CT molecular complexity index is 311. The summed E-state index contributed by atoms with van der Waals surface area (Å²) in [5, 5.41) is 8.49. The van der Waals surface area contributed by atoms with Crippen LogP contribution in [0.15, 0.2) is 0 Å². The molecule has 1 N–H and O–H groups in total. The van der Waals surface area contributed by atoms with E-state index in [0.29, 0.717) is 6.42 Å². The van der Waals surface area contributed by atoms with E-state index in [1.165, 1.54) is 0 Å². The lowest BCUT2D eigenvalue weighted by atomic mass is 9.90. The third-order valence-corrected chi connectivity index (χ3v) is 4.36. The molecule has 0 radical (unpaired) electrons. The van der Waals surface area contributed by atoms with Gasteiger partial charge in [-0.2, -0.15) is 0 Å². The molecule has 1 heterocycles. The van der Waals surface area contributed by atoms with Crippen molar-refractivity contribution in [2.24, 2.45) is 11.8 Å². The fraction of sp³-hybridized carbons (Fsp3) is 0.875. The van der Waals surface area contributed by atoms with Crippen LogP contribution in [0.4, 0.5) is 4.39 Å². The van der Waals surface area contributed by atoms with E-state index in [9.17, 15) is 17.6 Å². The molecule has 14 heavy (non-hydrogen) atoms. The zero-order chi connectivity index (χ0) is 10.8. The maximum absolute atomic E-state index is 12.5. The molecular formula is C8H13FO4S. The molecule has 2 unspecified atom stereocenters. The summed E-state index contributed by atoms with van der Waals surface area (Å²) in [6.07, 6.45) is 0.112. The first-order valence-electron chi connectivity index (χ1n) is 4.43. The average Bonchev–Trinajstić information content (AvgIpc) is 2.41. The van der Waals surface area contributed by atoms with Crippen LogP contribution in [0.25, 0.3) is 0 Å². The zero-order valence-electron chi connectivity index (χ0n) is 7.65. The van der Waals surface area contributed by atoms with Crippen molar-refractivity contribution in [1.29, 1.82) is 0 Å². The highest BCUT2D eigenvalue weighted by Crippen LogP contribution is 2.28. The van der Waals surface area contributed by atoms with Crippen LogP contribution in [0, 0.1) is 11.8 Å². The van der Waals surface area contributed by atoms with Crippen LogP contribution < -0.4 is 0 Å². The third kappa shape index (κ3) is 2.94. The molecule has 1 rings (SSSR count). The van der Waals surface area contributed by atoms with Crippen LogP contribution in [-0.2, 0) is 14.6 Å². The first kappa shape index (κ1) is 11.4. The molecule has 0 amide bonds. The van der Waals surface area contributed by atoms with Crippen molar-refractivity contribution in [3.8, 4) is 0 Å². The molecule has 0 spiro atoms. The normalized spacial score (nSPS) is 27.4. The number of sulfone groups is 1. The highest BCUT2D eigenvalue weighted by molar-refractivity contribution is 7.91. The van der Waals surface area contributed by atoms with Crippen molar-refractivity contribution in [3.63, 3.8) is 0 Å². The number of aliphatic carboxylic acids is 1. The van der Waals surface area contributed by atoms with Gasteiger partial charge in [-0.3, -0.25) is 9.18 Å². The van der Waals surface area contributed by atoms with Crippen molar-refractivity contribution < 1.29 is 22.7 Å². The topological polar surface area (TPSA) is 71.4 Å². The quantitative estimate of drug-likeness (QED) is 0.754. The second-order valence-electron chi connectivity index (χ2n) is 3.68. The molecule has 1 aliphatic heterocycles. The Hall–Kier alpha value is -0.650. The molecule has 6 heteroatoms. The van der Waals surface area contributed by atoms with Crippen LogP contribution in [0.5, 0.6) is 0 Å². The van der Waals surface area contributed by atoms with Gasteiger partial charge in [0.15, 0.2) is 9.84 Å². The molecule has 0 aliphatic carbocycles. The zero-order valence-corrected chi connectivity index (χ0v) is 8.46. The van der Waals surface area contributed by atoms with E-state index < -0.39 is 28.4 Å². The number of carbonyl (C=O) groups is 1. The monoisotopic (exact) mass is 224 g/mol. The summed E-state index contributed by atoms with van der Waals surface area (Å²) in [5.41, 5.74) is 0. The van der Waals surface area contributed by atoms with Gasteiger partial charge in [0.2, 0.25) is 0 Å².